The van der Waals surface area contributed by atoms with Crippen molar-refractivity contribution in [3.8, 4) is 11.8 Å². The van der Waals surface area contributed by atoms with E-state index in [9.17, 15) is 17.2 Å². The molecule has 0 amide bonds. The molecule has 0 fully saturated rings. The maximum absolute atomic E-state index is 13.7. The Kier molecular flexibility index (Phi) is 6.04. The molecule has 0 heterocycles. The van der Waals surface area contributed by atoms with Crippen molar-refractivity contribution in [2.45, 2.75) is 4.90 Å². The number of methoxy groups -OCH3 is 1. The second-order valence-electron chi connectivity index (χ2n) is 3.61. The molecule has 0 saturated carbocycles. The van der Waals surface area contributed by atoms with Gasteiger partial charge in [-0.25, -0.2) is 21.9 Å². The third-order valence-corrected chi connectivity index (χ3v) is 3.71. The van der Waals surface area contributed by atoms with Gasteiger partial charge in [0.2, 0.25) is 10.0 Å². The molecule has 2 N–H and O–H groups in total. The van der Waals surface area contributed by atoms with Crippen LogP contribution < -0.4 is 4.72 Å². The Morgan fingerprint density at radius 1 is 1.40 bits per heavy atom. The van der Waals surface area contributed by atoms with Gasteiger partial charge < -0.3 is 9.84 Å². The summed E-state index contributed by atoms with van der Waals surface area (Å²) in [7, 11) is -2.82. The largest absolute Gasteiger partial charge is 0.384 e. The second-order valence-corrected chi connectivity index (χ2v) is 5.32. The Bertz CT molecular complexity index is 635. The number of rotatable bonds is 5. The lowest BCUT2D eigenvalue weighted by Gasteiger charge is -2.09. The lowest BCUT2D eigenvalue weighted by Crippen LogP contribution is -2.28. The van der Waals surface area contributed by atoms with Crippen LogP contribution in [0.3, 0.4) is 0 Å². The quantitative estimate of drug-likeness (QED) is 0.603. The molecule has 110 valence electrons. The van der Waals surface area contributed by atoms with Gasteiger partial charge in [0.25, 0.3) is 0 Å². The van der Waals surface area contributed by atoms with Gasteiger partial charge in [-0.1, -0.05) is 11.8 Å². The average Bonchev–Trinajstić information content (AvgIpc) is 2.35. The molecule has 1 rings (SSSR count). The van der Waals surface area contributed by atoms with Gasteiger partial charge in [0.05, 0.1) is 12.2 Å². The molecule has 0 aliphatic carbocycles. The number of hydrogen-bond donors (Lipinski definition) is 2. The van der Waals surface area contributed by atoms with Crippen molar-refractivity contribution in [3.05, 3.63) is 29.3 Å². The van der Waals surface area contributed by atoms with Crippen molar-refractivity contribution >= 4 is 10.0 Å². The molecule has 0 saturated heterocycles. The molecule has 1 aromatic carbocycles. The lowest BCUT2D eigenvalue weighted by molar-refractivity contribution is 0.204. The van der Waals surface area contributed by atoms with Crippen molar-refractivity contribution in [2.75, 3.05) is 26.9 Å². The highest BCUT2D eigenvalue weighted by molar-refractivity contribution is 7.89. The van der Waals surface area contributed by atoms with E-state index < -0.39 is 33.2 Å². The predicted molar refractivity (Wildman–Crippen MR) is 67.4 cm³/mol. The molecule has 20 heavy (non-hydrogen) atoms. The first kappa shape index (κ1) is 16.5. The van der Waals surface area contributed by atoms with Gasteiger partial charge in [-0.2, -0.15) is 0 Å². The molecule has 0 radical (unpaired) electrons. The highest BCUT2D eigenvalue weighted by Gasteiger charge is 2.23. The van der Waals surface area contributed by atoms with Gasteiger partial charge in [0.1, 0.15) is 23.1 Å². The highest BCUT2D eigenvalue weighted by atomic mass is 32.2. The summed E-state index contributed by atoms with van der Waals surface area (Å²) in [4.78, 5) is -0.754. The van der Waals surface area contributed by atoms with Gasteiger partial charge in [0, 0.05) is 19.7 Å². The number of benzene rings is 1. The Balaban J connectivity index is 3.28. The van der Waals surface area contributed by atoms with Crippen LogP contribution >= 0.6 is 0 Å². The average molecular weight is 305 g/mol. The van der Waals surface area contributed by atoms with E-state index in [4.69, 9.17) is 5.11 Å². The van der Waals surface area contributed by atoms with E-state index in [0.717, 1.165) is 6.07 Å². The minimum absolute atomic E-state index is 0.0669. The Labute approximate surface area is 115 Å². The Morgan fingerprint density at radius 3 is 2.70 bits per heavy atom. The lowest BCUT2D eigenvalue weighted by atomic mass is 10.2. The summed E-state index contributed by atoms with van der Waals surface area (Å²) in [6.07, 6.45) is 0. The summed E-state index contributed by atoms with van der Waals surface area (Å²) in [6, 6.07) is 1.24. The summed E-state index contributed by atoms with van der Waals surface area (Å²) < 4.78 is 57.6. The van der Waals surface area contributed by atoms with Crippen molar-refractivity contribution in [1.82, 2.24) is 4.72 Å². The van der Waals surface area contributed by atoms with Crippen LogP contribution in [0.4, 0.5) is 8.78 Å². The van der Waals surface area contributed by atoms with E-state index in [1.165, 1.54) is 7.11 Å². The fourth-order valence-corrected chi connectivity index (χ4v) is 2.62. The van der Waals surface area contributed by atoms with Crippen LogP contribution in [0.25, 0.3) is 0 Å². The molecule has 5 nitrogen and oxygen atoms in total. The standard InChI is InChI=1S/C12H13F2NO4S/c1-19-6-4-15-20(17,18)12-9(3-2-5-16)7-10(13)8-11(12)14/h7-8,15-16H,4-6H2,1H3. The molecular weight excluding hydrogens is 292 g/mol. The second kappa shape index (κ2) is 7.31. The number of hydrogen-bond acceptors (Lipinski definition) is 4. The molecule has 0 aromatic heterocycles. The maximum Gasteiger partial charge on any atom is 0.244 e. The molecule has 0 unspecified atom stereocenters. The van der Waals surface area contributed by atoms with Gasteiger partial charge in [-0.05, 0) is 6.07 Å². The van der Waals surface area contributed by atoms with Crippen LogP contribution in [0, 0.1) is 23.5 Å². The number of ether oxygens (including phenoxy) is 1. The Hall–Kier alpha value is -1.53. The summed E-state index contributed by atoms with van der Waals surface area (Å²) >= 11 is 0. The SMILES string of the molecule is COCCNS(=O)(=O)c1c(F)cc(F)cc1C#CCO. The first-order valence-electron chi connectivity index (χ1n) is 5.49. The zero-order valence-electron chi connectivity index (χ0n) is 10.6. The zero-order valence-corrected chi connectivity index (χ0v) is 11.4. The minimum Gasteiger partial charge on any atom is -0.384 e. The maximum atomic E-state index is 13.7. The van der Waals surface area contributed by atoms with Gasteiger partial charge in [0.15, 0.2) is 0 Å². The van der Waals surface area contributed by atoms with Crippen molar-refractivity contribution in [3.63, 3.8) is 0 Å². The first-order chi connectivity index (χ1) is 9.42. The predicted octanol–water partition coefficient (Wildman–Crippen LogP) is 0.233. The van der Waals surface area contributed by atoms with Crippen molar-refractivity contribution < 1.29 is 27.0 Å². The van der Waals surface area contributed by atoms with Crippen LogP contribution in [-0.4, -0.2) is 40.4 Å². The van der Waals surface area contributed by atoms with E-state index in [1.807, 2.05) is 0 Å². The normalized spacial score (nSPS) is 11.0. The van der Waals surface area contributed by atoms with Gasteiger partial charge in [-0.15, -0.1) is 0 Å². The highest BCUT2D eigenvalue weighted by Crippen LogP contribution is 2.20. The van der Waals surface area contributed by atoms with Crippen LogP contribution in [0.15, 0.2) is 17.0 Å². The number of nitrogens with one attached hydrogen (secondary N) is 1. The molecule has 8 heteroatoms. The van der Waals surface area contributed by atoms with E-state index in [-0.39, 0.29) is 18.7 Å². The van der Waals surface area contributed by atoms with Gasteiger partial charge in [-0.3, -0.25) is 0 Å². The molecule has 0 aliphatic rings. The monoisotopic (exact) mass is 305 g/mol. The molecule has 0 spiro atoms. The van der Waals surface area contributed by atoms with Crippen LogP contribution in [0.1, 0.15) is 5.56 Å². The fraction of sp³-hybridized carbons (Fsp3) is 0.333. The van der Waals surface area contributed by atoms with Crippen molar-refractivity contribution in [2.24, 2.45) is 0 Å². The summed E-state index contributed by atoms with van der Waals surface area (Å²) in [5.74, 6) is 2.15. The third kappa shape index (κ3) is 4.25. The van der Waals surface area contributed by atoms with Crippen LogP contribution in [0.2, 0.25) is 0 Å². The third-order valence-electron chi connectivity index (χ3n) is 2.18. The topological polar surface area (TPSA) is 75.6 Å². The first-order valence-corrected chi connectivity index (χ1v) is 6.98. The molecule has 0 bridgehead atoms. The van der Waals surface area contributed by atoms with Crippen LogP contribution in [-0.2, 0) is 14.8 Å². The van der Waals surface area contributed by atoms with Crippen LogP contribution in [0.5, 0.6) is 0 Å². The minimum atomic E-state index is -4.20. The van der Waals surface area contributed by atoms with E-state index in [2.05, 4.69) is 21.3 Å². The van der Waals surface area contributed by atoms with E-state index >= 15 is 0 Å². The van der Waals surface area contributed by atoms with E-state index in [0.29, 0.717) is 6.07 Å². The molecule has 0 aliphatic heterocycles. The molecule has 1 aromatic rings. The fourth-order valence-electron chi connectivity index (χ4n) is 1.41. The molecular formula is C12H13F2NO4S. The van der Waals surface area contributed by atoms with E-state index in [1.54, 1.807) is 0 Å². The summed E-state index contributed by atoms with van der Waals surface area (Å²) in [6.45, 7) is -0.531. The molecule has 0 atom stereocenters. The Morgan fingerprint density at radius 2 is 2.10 bits per heavy atom. The zero-order chi connectivity index (χ0) is 15.2. The van der Waals surface area contributed by atoms with Gasteiger partial charge >= 0.3 is 0 Å². The summed E-state index contributed by atoms with van der Waals surface area (Å²) in [5, 5.41) is 8.59. The van der Waals surface area contributed by atoms with Crippen molar-refractivity contribution in [1.29, 1.82) is 0 Å². The number of aliphatic hydroxyl groups is 1. The summed E-state index contributed by atoms with van der Waals surface area (Å²) in [5.41, 5.74) is -0.360. The number of halogens is 2. The number of aliphatic hydroxyl groups excluding tert-OH is 1. The number of sulfonamides is 1. The smallest absolute Gasteiger partial charge is 0.244 e.